The first-order chi connectivity index (χ1) is 7.57. The summed E-state index contributed by atoms with van der Waals surface area (Å²) in [5.74, 6) is -1.14. The van der Waals surface area contributed by atoms with Crippen molar-refractivity contribution < 1.29 is 13.2 Å². The number of alkyl halides is 3. The maximum atomic E-state index is 12.8. The molecule has 0 spiro atoms. The Morgan fingerprint density at radius 1 is 1.00 bits per heavy atom. The van der Waals surface area contributed by atoms with Gasteiger partial charge in [0.05, 0.1) is 5.92 Å². The minimum Gasteiger partial charge on any atom is -0.310 e. The summed E-state index contributed by atoms with van der Waals surface area (Å²) in [6, 6.07) is -0.133. The second kappa shape index (κ2) is 4.78. The molecule has 1 N–H and O–H groups in total. The lowest BCUT2D eigenvalue weighted by molar-refractivity contribution is -0.189. The molecule has 92 valence electrons. The number of halogens is 3. The average molecular weight is 233 g/mol. The zero-order valence-corrected chi connectivity index (χ0v) is 9.26. The molecule has 0 bridgehead atoms. The molecule has 2 atom stereocenters. The van der Waals surface area contributed by atoms with Crippen LogP contribution in [0.4, 0.5) is 13.2 Å². The van der Waals surface area contributed by atoms with E-state index in [4.69, 9.17) is 0 Å². The molecule has 2 unspecified atom stereocenters. The Labute approximate surface area is 94.1 Å². The van der Waals surface area contributed by atoms with Crippen LogP contribution in [0.5, 0.6) is 0 Å². The van der Waals surface area contributed by atoms with Crippen LogP contribution in [0, 0.1) is 5.92 Å². The molecule has 2 rings (SSSR count). The highest BCUT2D eigenvalue weighted by Gasteiger charge is 2.45. The summed E-state index contributed by atoms with van der Waals surface area (Å²) in [5.41, 5.74) is 0. The Morgan fingerprint density at radius 2 is 1.62 bits per heavy atom. The van der Waals surface area contributed by atoms with Gasteiger partial charge in [-0.25, -0.2) is 0 Å². The van der Waals surface area contributed by atoms with Gasteiger partial charge in [0.1, 0.15) is 0 Å². The van der Waals surface area contributed by atoms with Crippen molar-refractivity contribution in [1.29, 1.82) is 0 Å². The van der Waals surface area contributed by atoms with Gasteiger partial charge in [-0.05, 0) is 25.7 Å². The lowest BCUT2D eigenvalue weighted by Crippen LogP contribution is -2.48. The molecule has 2 aliphatic rings. The predicted octanol–water partition coefficient (Wildman–Crippen LogP) is 3.42. The summed E-state index contributed by atoms with van der Waals surface area (Å²) in [6.07, 6.45) is 4.40. The van der Waals surface area contributed by atoms with Gasteiger partial charge >= 0.3 is 6.18 Å². The molecular weight excluding hydrogens is 215 g/mol. The van der Waals surface area contributed by atoms with E-state index in [0.717, 1.165) is 19.3 Å². The smallest absolute Gasteiger partial charge is 0.310 e. The van der Waals surface area contributed by atoms with Crippen molar-refractivity contribution in [3.63, 3.8) is 0 Å². The molecule has 0 aliphatic heterocycles. The minimum atomic E-state index is -4.04. The summed E-state index contributed by atoms with van der Waals surface area (Å²) in [4.78, 5) is 0. The van der Waals surface area contributed by atoms with Crippen LogP contribution in [0.3, 0.4) is 0 Å². The van der Waals surface area contributed by atoms with Gasteiger partial charge in [-0.15, -0.1) is 0 Å². The van der Waals surface area contributed by atoms with Crippen molar-refractivity contribution in [3.05, 3.63) is 12.2 Å². The van der Waals surface area contributed by atoms with E-state index in [1.807, 2.05) is 12.2 Å². The van der Waals surface area contributed by atoms with Gasteiger partial charge in [0.25, 0.3) is 0 Å². The monoisotopic (exact) mass is 233 g/mol. The average Bonchev–Trinajstić information content (AvgIpc) is 2.70. The third-order valence-electron chi connectivity index (χ3n) is 3.64. The van der Waals surface area contributed by atoms with E-state index < -0.39 is 12.1 Å². The molecule has 0 radical (unpaired) electrons. The predicted molar refractivity (Wildman–Crippen MR) is 57.1 cm³/mol. The van der Waals surface area contributed by atoms with Crippen LogP contribution >= 0.6 is 0 Å². The zero-order chi connectivity index (χ0) is 11.6. The lowest BCUT2D eigenvalue weighted by atomic mass is 9.83. The first kappa shape index (κ1) is 12.0. The highest BCUT2D eigenvalue weighted by molar-refractivity contribution is 5.00. The van der Waals surface area contributed by atoms with Gasteiger partial charge in [-0.1, -0.05) is 25.0 Å². The van der Waals surface area contributed by atoms with Crippen LogP contribution in [0.15, 0.2) is 12.2 Å². The van der Waals surface area contributed by atoms with Crippen LogP contribution in [-0.2, 0) is 0 Å². The molecule has 0 aromatic heterocycles. The van der Waals surface area contributed by atoms with Gasteiger partial charge < -0.3 is 5.32 Å². The second-order valence-electron chi connectivity index (χ2n) is 4.85. The fourth-order valence-electron chi connectivity index (χ4n) is 2.78. The molecular formula is C12H18F3N. The van der Waals surface area contributed by atoms with Crippen LogP contribution < -0.4 is 5.32 Å². The maximum Gasteiger partial charge on any atom is 0.393 e. The molecule has 0 amide bonds. The van der Waals surface area contributed by atoms with E-state index in [2.05, 4.69) is 5.32 Å². The van der Waals surface area contributed by atoms with Crippen molar-refractivity contribution in [3.8, 4) is 0 Å². The number of hydrogen-bond donors (Lipinski definition) is 1. The molecule has 1 fully saturated rings. The summed E-state index contributed by atoms with van der Waals surface area (Å²) in [6.45, 7) is 0. The summed E-state index contributed by atoms with van der Waals surface area (Å²) < 4.78 is 38.4. The van der Waals surface area contributed by atoms with Gasteiger partial charge in [0.2, 0.25) is 0 Å². The molecule has 0 heterocycles. The highest BCUT2D eigenvalue weighted by Crippen LogP contribution is 2.38. The fourth-order valence-corrected chi connectivity index (χ4v) is 2.78. The SMILES string of the molecule is FC(F)(F)C1CCCCC1NC1CC=CC1. The zero-order valence-electron chi connectivity index (χ0n) is 9.26. The summed E-state index contributed by atoms with van der Waals surface area (Å²) >= 11 is 0. The first-order valence-electron chi connectivity index (χ1n) is 6.05. The van der Waals surface area contributed by atoms with E-state index in [1.165, 1.54) is 0 Å². The molecule has 16 heavy (non-hydrogen) atoms. The topological polar surface area (TPSA) is 12.0 Å². The van der Waals surface area contributed by atoms with Crippen molar-refractivity contribution in [2.45, 2.75) is 56.8 Å². The second-order valence-corrected chi connectivity index (χ2v) is 4.85. The van der Waals surface area contributed by atoms with Crippen LogP contribution in [0.25, 0.3) is 0 Å². The van der Waals surface area contributed by atoms with Crippen LogP contribution in [0.1, 0.15) is 38.5 Å². The molecule has 0 saturated heterocycles. The molecule has 0 aromatic carbocycles. The van der Waals surface area contributed by atoms with E-state index in [9.17, 15) is 13.2 Å². The Bertz CT molecular complexity index is 251. The third kappa shape index (κ3) is 2.78. The quantitative estimate of drug-likeness (QED) is 0.721. The van der Waals surface area contributed by atoms with E-state index in [1.54, 1.807) is 0 Å². The summed E-state index contributed by atoms with van der Waals surface area (Å²) in [5, 5.41) is 3.19. The minimum absolute atomic E-state index is 0.230. The van der Waals surface area contributed by atoms with Crippen molar-refractivity contribution in [1.82, 2.24) is 5.32 Å². The van der Waals surface area contributed by atoms with Gasteiger partial charge in [0, 0.05) is 12.1 Å². The Balaban J connectivity index is 1.93. The summed E-state index contributed by atoms with van der Waals surface area (Å²) in [7, 11) is 0. The van der Waals surface area contributed by atoms with Gasteiger partial charge in [-0.3, -0.25) is 0 Å². The molecule has 1 nitrogen and oxygen atoms in total. The molecule has 0 aromatic rings. The van der Waals surface area contributed by atoms with Crippen LogP contribution in [-0.4, -0.2) is 18.3 Å². The highest BCUT2D eigenvalue weighted by atomic mass is 19.4. The molecule has 1 saturated carbocycles. The van der Waals surface area contributed by atoms with Gasteiger partial charge in [-0.2, -0.15) is 13.2 Å². The first-order valence-corrected chi connectivity index (χ1v) is 6.05. The fraction of sp³-hybridized carbons (Fsp3) is 0.833. The largest absolute Gasteiger partial charge is 0.393 e. The van der Waals surface area contributed by atoms with E-state index >= 15 is 0 Å². The molecule has 2 aliphatic carbocycles. The number of hydrogen-bond acceptors (Lipinski definition) is 1. The van der Waals surface area contributed by atoms with Crippen molar-refractivity contribution >= 4 is 0 Å². The Kier molecular flexibility index (Phi) is 3.57. The van der Waals surface area contributed by atoms with Crippen molar-refractivity contribution in [2.24, 2.45) is 5.92 Å². The lowest BCUT2D eigenvalue weighted by Gasteiger charge is -2.35. The van der Waals surface area contributed by atoms with E-state index in [0.29, 0.717) is 19.3 Å². The maximum absolute atomic E-state index is 12.8. The standard InChI is InChI=1S/C12H18F3N/c13-12(14,15)10-7-3-4-8-11(10)16-9-5-1-2-6-9/h1-2,9-11,16H,3-8H2. The number of rotatable bonds is 2. The van der Waals surface area contributed by atoms with E-state index in [-0.39, 0.29) is 12.1 Å². The number of nitrogens with one attached hydrogen (secondary N) is 1. The van der Waals surface area contributed by atoms with Crippen LogP contribution in [0.2, 0.25) is 0 Å². The third-order valence-corrected chi connectivity index (χ3v) is 3.64. The normalized spacial score (nSPS) is 32.2. The Hall–Kier alpha value is -0.510. The van der Waals surface area contributed by atoms with Crippen molar-refractivity contribution in [2.75, 3.05) is 0 Å². The van der Waals surface area contributed by atoms with Gasteiger partial charge in [0.15, 0.2) is 0 Å². The molecule has 4 heteroatoms. The Morgan fingerprint density at radius 3 is 2.25 bits per heavy atom.